The van der Waals surface area contributed by atoms with Gasteiger partial charge < -0.3 is 25.1 Å². The molecule has 2 aromatic rings. The number of nitrogens with two attached hydrogens (primary N) is 1. The SMILES string of the molecule is CCCn1c(N)c(N2CCOCC2)c(=O)n(CC(=O)NCc2ccco2)c1=O. The van der Waals surface area contributed by atoms with Crippen LogP contribution in [0.5, 0.6) is 0 Å². The van der Waals surface area contributed by atoms with Crippen molar-refractivity contribution in [2.45, 2.75) is 33.0 Å². The van der Waals surface area contributed by atoms with Gasteiger partial charge in [0.15, 0.2) is 0 Å². The van der Waals surface area contributed by atoms with Gasteiger partial charge >= 0.3 is 5.69 Å². The summed E-state index contributed by atoms with van der Waals surface area (Å²) in [5, 5.41) is 2.65. The first-order chi connectivity index (χ1) is 13.5. The van der Waals surface area contributed by atoms with E-state index in [0.29, 0.717) is 45.0 Å². The minimum Gasteiger partial charge on any atom is -0.467 e. The van der Waals surface area contributed by atoms with Gasteiger partial charge in [0, 0.05) is 19.6 Å². The Morgan fingerprint density at radius 1 is 1.25 bits per heavy atom. The van der Waals surface area contributed by atoms with E-state index >= 15 is 0 Å². The minimum absolute atomic E-state index is 0.131. The monoisotopic (exact) mass is 391 g/mol. The van der Waals surface area contributed by atoms with Crippen molar-refractivity contribution in [3.63, 3.8) is 0 Å². The minimum atomic E-state index is -0.588. The maximum atomic E-state index is 13.0. The van der Waals surface area contributed by atoms with Crippen LogP contribution in [0.2, 0.25) is 0 Å². The number of carbonyl (C=O) groups is 1. The van der Waals surface area contributed by atoms with E-state index in [-0.39, 0.29) is 24.6 Å². The van der Waals surface area contributed by atoms with Crippen LogP contribution in [0.15, 0.2) is 32.4 Å². The second-order valence-corrected chi connectivity index (χ2v) is 6.51. The maximum absolute atomic E-state index is 13.0. The molecule has 0 unspecified atom stereocenters. The standard InChI is InChI=1S/C18H25N5O5/c1-2-5-22-16(19)15(21-6-9-27-10-7-21)17(25)23(18(22)26)12-14(24)20-11-13-4-3-8-28-13/h3-4,8H,2,5-7,9-12,19H2,1H3,(H,20,24). The number of ether oxygens (including phenoxy) is 1. The van der Waals surface area contributed by atoms with Crippen molar-refractivity contribution in [1.29, 1.82) is 0 Å². The van der Waals surface area contributed by atoms with Gasteiger partial charge in [-0.2, -0.15) is 0 Å². The van der Waals surface area contributed by atoms with Crippen LogP contribution in [0.1, 0.15) is 19.1 Å². The molecule has 0 bridgehead atoms. The molecule has 3 N–H and O–H groups in total. The molecule has 0 spiro atoms. The highest BCUT2D eigenvalue weighted by molar-refractivity contribution is 5.76. The van der Waals surface area contributed by atoms with Gasteiger partial charge in [0.05, 0.1) is 26.0 Å². The van der Waals surface area contributed by atoms with Gasteiger partial charge in [-0.3, -0.25) is 14.2 Å². The lowest BCUT2D eigenvalue weighted by Gasteiger charge is -2.30. The number of rotatable bonds is 7. The molecule has 28 heavy (non-hydrogen) atoms. The molecule has 2 aromatic heterocycles. The first-order valence-corrected chi connectivity index (χ1v) is 9.27. The molecule has 0 aliphatic carbocycles. The van der Waals surface area contributed by atoms with Crippen LogP contribution in [0.25, 0.3) is 0 Å². The van der Waals surface area contributed by atoms with Crippen molar-refractivity contribution >= 4 is 17.4 Å². The molecule has 1 saturated heterocycles. The first kappa shape index (κ1) is 19.7. The maximum Gasteiger partial charge on any atom is 0.333 e. The molecule has 1 fully saturated rings. The van der Waals surface area contributed by atoms with E-state index < -0.39 is 17.2 Å². The van der Waals surface area contributed by atoms with Gasteiger partial charge in [-0.1, -0.05) is 6.92 Å². The fraction of sp³-hybridized carbons (Fsp3) is 0.500. The van der Waals surface area contributed by atoms with Gasteiger partial charge in [0.25, 0.3) is 5.56 Å². The molecule has 10 nitrogen and oxygen atoms in total. The lowest BCUT2D eigenvalue weighted by molar-refractivity contribution is -0.122. The lowest BCUT2D eigenvalue weighted by Crippen LogP contribution is -2.49. The number of anilines is 2. The normalized spacial score (nSPS) is 14.2. The van der Waals surface area contributed by atoms with Gasteiger partial charge in [-0.05, 0) is 18.6 Å². The predicted octanol–water partition coefficient (Wildman–Crippen LogP) is -0.252. The van der Waals surface area contributed by atoms with Gasteiger partial charge in [0.2, 0.25) is 5.91 Å². The number of carbonyl (C=O) groups excluding carboxylic acids is 1. The average molecular weight is 391 g/mol. The number of nitrogen functional groups attached to an aromatic ring is 1. The van der Waals surface area contributed by atoms with Crippen molar-refractivity contribution in [2.24, 2.45) is 0 Å². The van der Waals surface area contributed by atoms with Crippen LogP contribution in [-0.4, -0.2) is 41.3 Å². The Hall–Kier alpha value is -3.01. The quantitative estimate of drug-likeness (QED) is 0.667. The topological polar surface area (TPSA) is 125 Å². The Labute approximate surface area is 161 Å². The van der Waals surface area contributed by atoms with Crippen LogP contribution < -0.4 is 27.2 Å². The van der Waals surface area contributed by atoms with E-state index in [2.05, 4.69) is 5.32 Å². The van der Waals surface area contributed by atoms with E-state index in [0.717, 1.165) is 4.57 Å². The van der Waals surface area contributed by atoms with Crippen molar-refractivity contribution in [1.82, 2.24) is 14.5 Å². The zero-order chi connectivity index (χ0) is 20.1. The predicted molar refractivity (Wildman–Crippen MR) is 103 cm³/mol. The summed E-state index contributed by atoms with van der Waals surface area (Å²) in [6.45, 7) is 3.98. The van der Waals surface area contributed by atoms with E-state index in [4.69, 9.17) is 14.9 Å². The Balaban J connectivity index is 1.92. The molecule has 0 saturated carbocycles. The lowest BCUT2D eigenvalue weighted by atomic mass is 10.3. The number of nitrogens with zero attached hydrogens (tertiary/aromatic N) is 3. The third-order valence-electron chi connectivity index (χ3n) is 4.56. The van der Waals surface area contributed by atoms with Crippen LogP contribution >= 0.6 is 0 Å². The zero-order valence-electron chi connectivity index (χ0n) is 15.8. The molecule has 3 rings (SSSR count). The van der Waals surface area contributed by atoms with E-state index in [1.54, 1.807) is 12.1 Å². The summed E-state index contributed by atoms with van der Waals surface area (Å²) >= 11 is 0. The van der Waals surface area contributed by atoms with Gasteiger partial charge in [-0.15, -0.1) is 0 Å². The summed E-state index contributed by atoms with van der Waals surface area (Å²) < 4.78 is 12.8. The van der Waals surface area contributed by atoms with Crippen LogP contribution in [-0.2, 0) is 29.2 Å². The highest BCUT2D eigenvalue weighted by Gasteiger charge is 2.24. The fourth-order valence-electron chi connectivity index (χ4n) is 3.16. The Morgan fingerprint density at radius 2 is 2.00 bits per heavy atom. The number of furan rings is 1. The fourth-order valence-corrected chi connectivity index (χ4v) is 3.16. The van der Waals surface area contributed by atoms with Gasteiger partial charge in [0.1, 0.15) is 23.8 Å². The summed E-state index contributed by atoms with van der Waals surface area (Å²) in [4.78, 5) is 40.0. The van der Waals surface area contributed by atoms with E-state index in [1.165, 1.54) is 10.8 Å². The van der Waals surface area contributed by atoms with Crippen molar-refractivity contribution in [2.75, 3.05) is 36.9 Å². The van der Waals surface area contributed by atoms with E-state index in [9.17, 15) is 14.4 Å². The summed E-state index contributed by atoms with van der Waals surface area (Å²) in [6.07, 6.45) is 2.17. The Morgan fingerprint density at radius 3 is 2.64 bits per heavy atom. The van der Waals surface area contributed by atoms with Crippen molar-refractivity contribution < 1.29 is 13.9 Å². The number of nitrogens with one attached hydrogen (secondary N) is 1. The number of hydrogen-bond acceptors (Lipinski definition) is 7. The first-order valence-electron chi connectivity index (χ1n) is 9.27. The summed E-state index contributed by atoms with van der Waals surface area (Å²) in [6, 6.07) is 3.43. The summed E-state index contributed by atoms with van der Waals surface area (Å²) in [5.74, 6) is 0.248. The smallest absolute Gasteiger partial charge is 0.333 e. The molecule has 3 heterocycles. The Bertz CT molecular complexity index is 925. The molecule has 152 valence electrons. The number of hydrogen-bond donors (Lipinski definition) is 2. The zero-order valence-corrected chi connectivity index (χ0v) is 15.8. The van der Waals surface area contributed by atoms with Crippen molar-refractivity contribution in [3.05, 3.63) is 45.0 Å². The second-order valence-electron chi connectivity index (χ2n) is 6.51. The molecule has 1 amide bonds. The third kappa shape index (κ3) is 4.11. The number of morpholine rings is 1. The van der Waals surface area contributed by atoms with Crippen molar-refractivity contribution in [3.8, 4) is 0 Å². The molecule has 1 aliphatic heterocycles. The largest absolute Gasteiger partial charge is 0.467 e. The molecule has 1 aliphatic rings. The molecule has 10 heteroatoms. The molecule has 0 radical (unpaired) electrons. The van der Waals surface area contributed by atoms with Crippen LogP contribution in [0, 0.1) is 0 Å². The highest BCUT2D eigenvalue weighted by Crippen LogP contribution is 2.18. The van der Waals surface area contributed by atoms with Gasteiger partial charge in [-0.25, -0.2) is 9.36 Å². The summed E-state index contributed by atoms with van der Waals surface area (Å²) in [7, 11) is 0. The number of amides is 1. The molecule has 0 atom stereocenters. The molecular formula is C18H25N5O5. The summed E-state index contributed by atoms with van der Waals surface area (Å²) in [5.41, 5.74) is 5.27. The highest BCUT2D eigenvalue weighted by atomic mass is 16.5. The second kappa shape index (κ2) is 8.79. The Kier molecular flexibility index (Phi) is 6.19. The molecule has 0 aromatic carbocycles. The average Bonchev–Trinajstić information content (AvgIpc) is 3.21. The van der Waals surface area contributed by atoms with Crippen LogP contribution in [0.4, 0.5) is 11.5 Å². The van der Waals surface area contributed by atoms with E-state index in [1.807, 2.05) is 11.8 Å². The number of aromatic nitrogens is 2. The third-order valence-corrected chi connectivity index (χ3v) is 4.56. The molecular weight excluding hydrogens is 366 g/mol. The van der Waals surface area contributed by atoms with Crippen LogP contribution in [0.3, 0.4) is 0 Å².